The van der Waals surface area contributed by atoms with Crippen molar-refractivity contribution >= 4 is 22.6 Å². The number of fused-ring (bicyclic) bond motifs is 1. The van der Waals surface area contributed by atoms with Crippen LogP contribution in [0.15, 0.2) is 24.5 Å². The van der Waals surface area contributed by atoms with E-state index in [1.807, 2.05) is 6.07 Å². The summed E-state index contributed by atoms with van der Waals surface area (Å²) in [4.78, 5) is 16.2. The molecule has 1 aromatic carbocycles. The molecule has 0 atom stereocenters. The summed E-state index contributed by atoms with van der Waals surface area (Å²) in [5, 5.41) is 0. The van der Waals surface area contributed by atoms with Gasteiger partial charge in [0.1, 0.15) is 6.33 Å². The molecule has 1 aliphatic heterocycles. The highest BCUT2D eigenvalue weighted by molar-refractivity contribution is 5.91. The maximum absolute atomic E-state index is 12.0. The van der Waals surface area contributed by atoms with Crippen LogP contribution in [-0.4, -0.2) is 28.7 Å². The van der Waals surface area contributed by atoms with Crippen molar-refractivity contribution in [3.8, 4) is 0 Å². The van der Waals surface area contributed by atoms with Gasteiger partial charge in [-0.2, -0.15) is 0 Å². The van der Waals surface area contributed by atoms with E-state index in [0.29, 0.717) is 31.2 Å². The molecule has 5 nitrogen and oxygen atoms in total. The fourth-order valence-electron chi connectivity index (χ4n) is 1.98. The Morgan fingerprint density at radius 2 is 2.35 bits per heavy atom. The first-order chi connectivity index (χ1) is 8.24. The predicted octanol–water partition coefficient (Wildman–Crippen LogP) is 1.30. The fraction of sp³-hybridized carbons (Fsp3) is 0.333. The molecule has 0 saturated carbocycles. The Kier molecular flexibility index (Phi) is 2.33. The van der Waals surface area contributed by atoms with Crippen molar-refractivity contribution in [3.05, 3.63) is 24.5 Å². The summed E-state index contributed by atoms with van der Waals surface area (Å²) >= 11 is 0. The molecule has 1 aromatic heterocycles. The number of carbonyl (C=O) groups excluding carboxylic acids is 1. The maximum atomic E-state index is 12.0. The predicted molar refractivity (Wildman–Crippen MR) is 63.7 cm³/mol. The highest BCUT2D eigenvalue weighted by atomic mass is 16.5. The average molecular weight is 231 g/mol. The molecule has 1 fully saturated rings. The van der Waals surface area contributed by atoms with Gasteiger partial charge >= 0.3 is 0 Å². The lowest BCUT2D eigenvalue weighted by Crippen LogP contribution is -2.31. The average Bonchev–Trinajstić information content (AvgIpc) is 2.66. The minimum absolute atomic E-state index is 0.0607. The molecule has 88 valence electrons. The lowest BCUT2D eigenvalue weighted by molar-refractivity contribution is -0.0331. The van der Waals surface area contributed by atoms with Gasteiger partial charge in [-0.15, -0.1) is 0 Å². The van der Waals surface area contributed by atoms with Crippen molar-refractivity contribution in [1.29, 1.82) is 0 Å². The van der Waals surface area contributed by atoms with Gasteiger partial charge in [0.05, 0.1) is 24.2 Å². The van der Waals surface area contributed by atoms with Crippen LogP contribution in [0.5, 0.6) is 0 Å². The monoisotopic (exact) mass is 231 g/mol. The van der Waals surface area contributed by atoms with Crippen LogP contribution in [0, 0.1) is 5.92 Å². The summed E-state index contributed by atoms with van der Waals surface area (Å²) in [7, 11) is 0. The molecular weight excluding hydrogens is 218 g/mol. The summed E-state index contributed by atoms with van der Waals surface area (Å²) in [6, 6.07) is 5.37. The number of hydrogen-bond acceptors (Lipinski definition) is 4. The smallest absolute Gasteiger partial charge is 0.232 e. The first kappa shape index (κ1) is 10.3. The highest BCUT2D eigenvalue weighted by Gasteiger charge is 2.23. The quantitative estimate of drug-likeness (QED) is 0.791. The Hall–Kier alpha value is -1.88. The second kappa shape index (κ2) is 3.85. The Balaban J connectivity index is 1.91. The molecule has 0 spiro atoms. The van der Waals surface area contributed by atoms with E-state index < -0.39 is 0 Å². The summed E-state index contributed by atoms with van der Waals surface area (Å²) in [5.41, 5.74) is 7.89. The zero-order valence-corrected chi connectivity index (χ0v) is 9.30. The van der Waals surface area contributed by atoms with Crippen molar-refractivity contribution in [2.75, 3.05) is 18.9 Å². The molecule has 0 radical (unpaired) electrons. The molecule has 0 unspecified atom stereocenters. The van der Waals surface area contributed by atoms with Gasteiger partial charge in [0.25, 0.3) is 0 Å². The fourth-order valence-corrected chi connectivity index (χ4v) is 1.98. The van der Waals surface area contributed by atoms with E-state index >= 15 is 0 Å². The molecule has 5 heteroatoms. The van der Waals surface area contributed by atoms with E-state index in [0.717, 1.165) is 11.0 Å². The van der Waals surface area contributed by atoms with E-state index in [1.165, 1.54) is 0 Å². The van der Waals surface area contributed by atoms with Crippen LogP contribution in [0.1, 0.15) is 11.2 Å². The number of anilines is 1. The molecule has 1 aliphatic rings. The van der Waals surface area contributed by atoms with Crippen molar-refractivity contribution in [2.24, 2.45) is 5.92 Å². The minimum Gasteiger partial charge on any atom is -0.399 e. The number of nitrogens with two attached hydrogens (primary N) is 1. The van der Waals surface area contributed by atoms with Gasteiger partial charge in [0.2, 0.25) is 5.91 Å². The molecular formula is C12H13N3O2. The number of carbonyl (C=O) groups is 1. The summed E-state index contributed by atoms with van der Waals surface area (Å²) < 4.78 is 6.65. The number of benzene rings is 1. The van der Waals surface area contributed by atoms with E-state index in [2.05, 4.69) is 4.98 Å². The van der Waals surface area contributed by atoms with Crippen LogP contribution in [0.3, 0.4) is 0 Å². The van der Waals surface area contributed by atoms with Gasteiger partial charge in [0.15, 0.2) is 0 Å². The topological polar surface area (TPSA) is 70.1 Å². The third-order valence-electron chi connectivity index (χ3n) is 3.01. The van der Waals surface area contributed by atoms with Crippen LogP contribution >= 0.6 is 0 Å². The number of rotatable bonds is 2. The zero-order chi connectivity index (χ0) is 11.8. The highest BCUT2D eigenvalue weighted by Crippen LogP contribution is 2.19. The molecule has 2 heterocycles. The first-order valence-corrected chi connectivity index (χ1v) is 5.57. The number of nitrogen functional groups attached to an aromatic ring is 1. The van der Waals surface area contributed by atoms with E-state index in [1.54, 1.807) is 23.0 Å². The normalized spacial score (nSPS) is 16.0. The second-order valence-electron chi connectivity index (χ2n) is 4.36. The number of ether oxygens (including phenoxy) is 1. The van der Waals surface area contributed by atoms with Gasteiger partial charge in [-0.3, -0.25) is 9.36 Å². The van der Waals surface area contributed by atoms with Gasteiger partial charge in [-0.1, -0.05) is 0 Å². The lowest BCUT2D eigenvalue weighted by Gasteiger charge is -2.25. The minimum atomic E-state index is 0.0607. The van der Waals surface area contributed by atoms with Crippen LogP contribution in [0.25, 0.3) is 11.0 Å². The van der Waals surface area contributed by atoms with Crippen molar-refractivity contribution < 1.29 is 9.53 Å². The number of aromatic nitrogens is 2. The zero-order valence-electron chi connectivity index (χ0n) is 9.30. The Morgan fingerprint density at radius 3 is 3.06 bits per heavy atom. The molecule has 0 amide bonds. The van der Waals surface area contributed by atoms with Gasteiger partial charge in [0, 0.05) is 18.0 Å². The summed E-state index contributed by atoms with van der Waals surface area (Å²) in [6.07, 6.45) is 2.07. The van der Waals surface area contributed by atoms with Crippen LogP contribution in [0.4, 0.5) is 5.69 Å². The van der Waals surface area contributed by atoms with E-state index in [-0.39, 0.29) is 5.91 Å². The number of hydrogen-bond donors (Lipinski definition) is 1. The SMILES string of the molecule is Nc1ccc2c(c1)ncn2C(=O)CC1COC1. The van der Waals surface area contributed by atoms with E-state index in [9.17, 15) is 4.79 Å². The molecule has 3 rings (SSSR count). The molecule has 0 bridgehead atoms. The van der Waals surface area contributed by atoms with Gasteiger partial charge in [-0.25, -0.2) is 4.98 Å². The standard InChI is InChI=1S/C12H13N3O2/c13-9-1-2-11-10(4-9)14-7-15(11)12(16)3-8-5-17-6-8/h1-2,4,7-8H,3,5-6,13H2. The van der Waals surface area contributed by atoms with Crippen molar-refractivity contribution in [2.45, 2.75) is 6.42 Å². The Morgan fingerprint density at radius 1 is 1.53 bits per heavy atom. The molecule has 1 saturated heterocycles. The summed E-state index contributed by atoms with van der Waals surface area (Å²) in [5.74, 6) is 0.416. The third kappa shape index (κ3) is 1.78. The number of nitrogens with zero attached hydrogens (tertiary/aromatic N) is 2. The third-order valence-corrected chi connectivity index (χ3v) is 3.01. The summed E-state index contributed by atoms with van der Waals surface area (Å²) in [6.45, 7) is 1.37. The van der Waals surface area contributed by atoms with Gasteiger partial charge < -0.3 is 10.5 Å². The molecule has 0 aliphatic carbocycles. The Labute approximate surface area is 98.2 Å². The first-order valence-electron chi connectivity index (χ1n) is 5.57. The van der Waals surface area contributed by atoms with Crippen molar-refractivity contribution in [1.82, 2.24) is 9.55 Å². The second-order valence-corrected chi connectivity index (χ2v) is 4.36. The molecule has 17 heavy (non-hydrogen) atoms. The van der Waals surface area contributed by atoms with Crippen LogP contribution in [0.2, 0.25) is 0 Å². The lowest BCUT2D eigenvalue weighted by atomic mass is 10.0. The number of imidazole rings is 1. The largest absolute Gasteiger partial charge is 0.399 e. The maximum Gasteiger partial charge on any atom is 0.232 e. The van der Waals surface area contributed by atoms with Crippen molar-refractivity contribution in [3.63, 3.8) is 0 Å². The van der Waals surface area contributed by atoms with Crippen LogP contribution in [-0.2, 0) is 4.74 Å². The molecule has 2 aromatic rings. The van der Waals surface area contributed by atoms with E-state index in [4.69, 9.17) is 10.5 Å². The molecule has 2 N–H and O–H groups in total. The Bertz CT molecular complexity index is 572. The van der Waals surface area contributed by atoms with Gasteiger partial charge in [-0.05, 0) is 18.2 Å². The van der Waals surface area contributed by atoms with Crippen LogP contribution < -0.4 is 5.73 Å².